The molecular weight excluding hydrogens is 264 g/mol. The monoisotopic (exact) mass is 292 g/mol. The van der Waals surface area contributed by atoms with Gasteiger partial charge in [0.2, 0.25) is 0 Å². The Balaban J connectivity index is 1.42. The van der Waals surface area contributed by atoms with Crippen LogP contribution < -0.4 is 5.32 Å². The minimum absolute atomic E-state index is 0.0721. The number of amides is 2. The maximum Gasteiger partial charge on any atom is 0.317 e. The molecule has 4 aliphatic carbocycles. The van der Waals surface area contributed by atoms with Crippen LogP contribution in [-0.2, 0) is 0 Å². The van der Waals surface area contributed by atoms with Gasteiger partial charge in [-0.3, -0.25) is 0 Å². The number of likely N-dealkylation sites (tertiary alicyclic amines) is 1. The fourth-order valence-corrected chi connectivity index (χ4v) is 5.80. The summed E-state index contributed by atoms with van der Waals surface area (Å²) in [5, 5.41) is 13.4. The summed E-state index contributed by atoms with van der Waals surface area (Å²) in [6, 6.07) is 0.0721. The zero-order valence-corrected chi connectivity index (χ0v) is 13.1. The van der Waals surface area contributed by atoms with Gasteiger partial charge in [-0.15, -0.1) is 0 Å². The SMILES string of the molecule is CC1CCN(C(=O)NC23CC4CC(CC(C4)C2)C3)CC1O. The van der Waals surface area contributed by atoms with Crippen LogP contribution in [0.15, 0.2) is 0 Å². The Hall–Kier alpha value is -0.770. The lowest BCUT2D eigenvalue weighted by atomic mass is 9.53. The molecule has 4 nitrogen and oxygen atoms in total. The van der Waals surface area contributed by atoms with Crippen LogP contribution in [0.3, 0.4) is 0 Å². The van der Waals surface area contributed by atoms with E-state index in [4.69, 9.17) is 0 Å². The molecule has 118 valence electrons. The van der Waals surface area contributed by atoms with Gasteiger partial charge in [-0.25, -0.2) is 4.79 Å². The van der Waals surface area contributed by atoms with Crippen molar-refractivity contribution in [1.29, 1.82) is 0 Å². The highest BCUT2D eigenvalue weighted by atomic mass is 16.3. The number of carbonyl (C=O) groups excluding carboxylic acids is 1. The standard InChI is InChI=1S/C17H28N2O2/c1-11-2-3-19(10-15(11)20)16(21)18-17-7-12-4-13(8-17)6-14(5-12)9-17/h11-15,20H,2-10H2,1H3,(H,18,21). The van der Waals surface area contributed by atoms with Gasteiger partial charge in [0.25, 0.3) is 0 Å². The van der Waals surface area contributed by atoms with Gasteiger partial charge in [0, 0.05) is 18.6 Å². The van der Waals surface area contributed by atoms with E-state index in [9.17, 15) is 9.90 Å². The van der Waals surface area contributed by atoms with Crippen LogP contribution in [-0.4, -0.2) is 40.8 Å². The lowest BCUT2D eigenvalue weighted by molar-refractivity contribution is -0.0189. The van der Waals surface area contributed by atoms with Crippen molar-refractivity contribution in [3.05, 3.63) is 0 Å². The van der Waals surface area contributed by atoms with Crippen LogP contribution in [0.2, 0.25) is 0 Å². The minimum atomic E-state index is -0.360. The van der Waals surface area contributed by atoms with Gasteiger partial charge < -0.3 is 15.3 Å². The quantitative estimate of drug-likeness (QED) is 0.779. The molecule has 0 spiro atoms. The van der Waals surface area contributed by atoms with Gasteiger partial charge >= 0.3 is 6.03 Å². The molecule has 1 aliphatic heterocycles. The molecule has 0 aromatic rings. The number of hydrogen-bond donors (Lipinski definition) is 2. The first-order chi connectivity index (χ1) is 10.0. The molecule has 4 bridgehead atoms. The van der Waals surface area contributed by atoms with Gasteiger partial charge in [-0.2, -0.15) is 0 Å². The Bertz CT molecular complexity index is 401. The van der Waals surface area contributed by atoms with Gasteiger partial charge in [0.15, 0.2) is 0 Å². The Morgan fingerprint density at radius 3 is 2.24 bits per heavy atom. The predicted octanol–water partition coefficient (Wildman–Crippen LogP) is 2.37. The first-order valence-electron chi connectivity index (χ1n) is 8.78. The van der Waals surface area contributed by atoms with Crippen molar-refractivity contribution < 1.29 is 9.90 Å². The third-order valence-electron chi connectivity index (χ3n) is 6.62. The molecule has 4 saturated carbocycles. The topological polar surface area (TPSA) is 52.6 Å². The molecule has 5 fully saturated rings. The molecule has 0 aromatic heterocycles. The van der Waals surface area contributed by atoms with Crippen molar-refractivity contribution in [2.75, 3.05) is 13.1 Å². The molecule has 21 heavy (non-hydrogen) atoms. The van der Waals surface area contributed by atoms with E-state index in [0.29, 0.717) is 12.5 Å². The Morgan fingerprint density at radius 1 is 1.14 bits per heavy atom. The van der Waals surface area contributed by atoms with Crippen molar-refractivity contribution in [3.8, 4) is 0 Å². The van der Waals surface area contributed by atoms with E-state index in [-0.39, 0.29) is 17.7 Å². The first-order valence-corrected chi connectivity index (χ1v) is 8.78. The van der Waals surface area contributed by atoms with E-state index in [1.165, 1.54) is 38.5 Å². The van der Waals surface area contributed by atoms with Crippen molar-refractivity contribution in [3.63, 3.8) is 0 Å². The van der Waals surface area contributed by atoms with E-state index in [1.54, 1.807) is 0 Å². The number of piperidine rings is 1. The van der Waals surface area contributed by atoms with Crippen LogP contribution >= 0.6 is 0 Å². The molecule has 1 heterocycles. The summed E-state index contributed by atoms with van der Waals surface area (Å²) in [7, 11) is 0. The van der Waals surface area contributed by atoms with Crippen LogP contribution in [0.4, 0.5) is 4.79 Å². The largest absolute Gasteiger partial charge is 0.391 e. The molecule has 0 radical (unpaired) electrons. The Morgan fingerprint density at radius 2 is 1.71 bits per heavy atom. The lowest BCUT2D eigenvalue weighted by Gasteiger charge is -2.57. The fraction of sp³-hybridized carbons (Fsp3) is 0.941. The highest BCUT2D eigenvalue weighted by Gasteiger charge is 2.51. The van der Waals surface area contributed by atoms with Crippen molar-refractivity contribution in [1.82, 2.24) is 10.2 Å². The van der Waals surface area contributed by atoms with Crippen LogP contribution in [0.1, 0.15) is 51.9 Å². The average molecular weight is 292 g/mol. The summed E-state index contributed by atoms with van der Waals surface area (Å²) in [4.78, 5) is 14.5. The number of β-amino-alcohol motifs (C(OH)–C–C–N with tert-alkyl or cyclic N) is 1. The number of carbonyl (C=O) groups is 1. The molecular formula is C17H28N2O2. The molecule has 4 heteroatoms. The summed E-state index contributed by atoms with van der Waals surface area (Å²) >= 11 is 0. The molecule has 0 aromatic carbocycles. The van der Waals surface area contributed by atoms with Crippen molar-refractivity contribution in [2.24, 2.45) is 23.7 Å². The third kappa shape index (κ3) is 2.45. The average Bonchev–Trinajstić information content (AvgIpc) is 2.39. The van der Waals surface area contributed by atoms with E-state index in [1.807, 2.05) is 4.90 Å². The third-order valence-corrected chi connectivity index (χ3v) is 6.62. The molecule has 2 unspecified atom stereocenters. The number of hydrogen-bond acceptors (Lipinski definition) is 2. The Labute approximate surface area is 127 Å². The second-order valence-electron chi connectivity index (χ2n) is 8.41. The number of nitrogens with zero attached hydrogens (tertiary/aromatic N) is 1. The molecule has 1 saturated heterocycles. The maximum atomic E-state index is 12.6. The highest BCUT2D eigenvalue weighted by Crippen LogP contribution is 2.55. The minimum Gasteiger partial charge on any atom is -0.391 e. The van der Waals surface area contributed by atoms with Gasteiger partial charge in [0.1, 0.15) is 0 Å². The van der Waals surface area contributed by atoms with Crippen LogP contribution in [0, 0.1) is 23.7 Å². The Kier molecular flexibility index (Phi) is 3.21. The number of rotatable bonds is 1. The molecule has 5 rings (SSSR count). The molecule has 2 amide bonds. The van der Waals surface area contributed by atoms with E-state index in [0.717, 1.165) is 30.7 Å². The van der Waals surface area contributed by atoms with Gasteiger partial charge in [-0.1, -0.05) is 6.92 Å². The van der Waals surface area contributed by atoms with Crippen molar-refractivity contribution in [2.45, 2.75) is 63.5 Å². The van der Waals surface area contributed by atoms with E-state index >= 15 is 0 Å². The second kappa shape index (κ2) is 4.87. The summed E-state index contributed by atoms with van der Waals surface area (Å²) in [6.45, 7) is 3.36. The number of urea groups is 1. The summed E-state index contributed by atoms with van der Waals surface area (Å²) < 4.78 is 0. The second-order valence-corrected chi connectivity index (χ2v) is 8.41. The summed E-state index contributed by atoms with van der Waals surface area (Å²) in [5.41, 5.74) is 0.0832. The van der Waals surface area contributed by atoms with Gasteiger partial charge in [0.05, 0.1) is 6.10 Å². The summed E-state index contributed by atoms with van der Waals surface area (Å²) in [5.74, 6) is 2.86. The smallest absolute Gasteiger partial charge is 0.317 e. The maximum absolute atomic E-state index is 12.6. The van der Waals surface area contributed by atoms with Crippen LogP contribution in [0.25, 0.3) is 0 Å². The van der Waals surface area contributed by atoms with Gasteiger partial charge in [-0.05, 0) is 68.6 Å². The fourth-order valence-electron chi connectivity index (χ4n) is 5.80. The molecule has 2 N–H and O–H groups in total. The van der Waals surface area contributed by atoms with E-state index in [2.05, 4.69) is 12.2 Å². The lowest BCUT2D eigenvalue weighted by Crippen LogP contribution is -2.63. The number of nitrogens with one attached hydrogen (secondary N) is 1. The van der Waals surface area contributed by atoms with E-state index < -0.39 is 0 Å². The van der Waals surface area contributed by atoms with Crippen LogP contribution in [0.5, 0.6) is 0 Å². The highest BCUT2D eigenvalue weighted by molar-refractivity contribution is 5.75. The predicted molar refractivity (Wildman–Crippen MR) is 80.8 cm³/mol. The van der Waals surface area contributed by atoms with Crippen molar-refractivity contribution >= 4 is 6.03 Å². The first kappa shape index (κ1) is 13.9. The zero-order chi connectivity index (χ0) is 14.6. The zero-order valence-electron chi connectivity index (χ0n) is 13.1. The molecule has 2 atom stereocenters. The number of aliphatic hydroxyl groups is 1. The molecule has 5 aliphatic rings. The number of aliphatic hydroxyl groups excluding tert-OH is 1. The normalized spacial score (nSPS) is 48.5. The summed E-state index contributed by atoms with van der Waals surface area (Å²) in [6.07, 6.45) is 8.32.